The predicted octanol–water partition coefficient (Wildman–Crippen LogP) is 3.73. The Morgan fingerprint density at radius 3 is 2.73 bits per heavy atom. The molecule has 0 spiro atoms. The summed E-state index contributed by atoms with van der Waals surface area (Å²) in [5, 5.41) is 2.71. The minimum atomic E-state index is -4.73. The van der Waals surface area contributed by atoms with Crippen LogP contribution >= 0.6 is 0 Å². The molecule has 2 heterocycles. The number of aromatic nitrogens is 2. The number of piperidine rings is 1. The maximum atomic E-state index is 12.4. The summed E-state index contributed by atoms with van der Waals surface area (Å²) in [6.07, 6.45) is 2.58. The van der Waals surface area contributed by atoms with E-state index >= 15 is 0 Å². The molecular weight excluding hydrogens is 349 g/mol. The molecule has 1 aromatic carbocycles. The van der Waals surface area contributed by atoms with Gasteiger partial charge in [0.25, 0.3) is 0 Å². The normalized spacial score (nSPS) is 17.8. The van der Waals surface area contributed by atoms with Crippen molar-refractivity contribution in [3.05, 3.63) is 43.0 Å². The van der Waals surface area contributed by atoms with Crippen molar-refractivity contribution in [3.63, 3.8) is 0 Å². The van der Waals surface area contributed by atoms with E-state index in [9.17, 15) is 18.0 Å². The number of nitrogens with zero attached hydrogens (tertiary/aromatic N) is 3. The number of halogens is 3. The zero-order valence-corrected chi connectivity index (χ0v) is 13.9. The van der Waals surface area contributed by atoms with Crippen molar-refractivity contribution in [1.29, 1.82) is 0 Å². The van der Waals surface area contributed by atoms with Gasteiger partial charge in [0.1, 0.15) is 5.75 Å². The first-order valence-electron chi connectivity index (χ1n) is 8.26. The van der Waals surface area contributed by atoms with E-state index in [-0.39, 0.29) is 11.8 Å². The molecular formula is C17H19F3N4O2. The number of imidazole rings is 1. The number of carbonyl (C=O) groups excluding carboxylic acids is 1. The smallest absolute Gasteiger partial charge is 0.406 e. The number of urea groups is 1. The van der Waals surface area contributed by atoms with Gasteiger partial charge in [-0.25, -0.2) is 9.78 Å². The van der Waals surface area contributed by atoms with Crippen LogP contribution in [0.2, 0.25) is 0 Å². The van der Waals surface area contributed by atoms with Gasteiger partial charge in [-0.1, -0.05) is 0 Å². The molecule has 3 rings (SSSR count). The van der Waals surface area contributed by atoms with Gasteiger partial charge in [-0.15, -0.1) is 13.2 Å². The number of hydrogen-bond acceptors (Lipinski definition) is 3. The highest BCUT2D eigenvalue weighted by molar-refractivity contribution is 5.89. The number of hydrogen-bond donors (Lipinski definition) is 1. The first-order chi connectivity index (χ1) is 12.4. The number of amides is 2. The Morgan fingerprint density at radius 1 is 1.31 bits per heavy atom. The Hall–Kier alpha value is -2.71. The predicted molar refractivity (Wildman–Crippen MR) is 88.7 cm³/mol. The average molecular weight is 368 g/mol. The van der Waals surface area contributed by atoms with E-state index in [1.165, 1.54) is 24.3 Å². The molecule has 1 aromatic heterocycles. The molecule has 2 amide bonds. The first kappa shape index (κ1) is 18.1. The average Bonchev–Trinajstić information content (AvgIpc) is 3.08. The number of ether oxygens (including phenoxy) is 1. The van der Waals surface area contributed by atoms with E-state index in [1.807, 2.05) is 10.8 Å². The molecule has 1 saturated heterocycles. The van der Waals surface area contributed by atoms with Gasteiger partial charge in [0, 0.05) is 37.7 Å². The van der Waals surface area contributed by atoms with Gasteiger partial charge in [-0.3, -0.25) is 0 Å². The van der Waals surface area contributed by atoms with E-state index in [1.54, 1.807) is 17.4 Å². The maximum absolute atomic E-state index is 12.4. The first-order valence-corrected chi connectivity index (χ1v) is 8.26. The van der Waals surface area contributed by atoms with Crippen molar-refractivity contribution in [2.75, 3.05) is 18.4 Å². The van der Waals surface area contributed by atoms with Gasteiger partial charge < -0.3 is 19.5 Å². The second-order valence-electron chi connectivity index (χ2n) is 6.22. The van der Waals surface area contributed by atoms with Gasteiger partial charge in [0.2, 0.25) is 0 Å². The van der Waals surface area contributed by atoms with Crippen LogP contribution in [0.25, 0.3) is 0 Å². The molecule has 1 atom stereocenters. The standard InChI is InChI=1S/C17H19F3N4O2/c18-17(19,20)26-15-5-3-14(4-6-15)22-16(25)24-8-1-2-13(11-24)10-23-9-7-21-12-23/h3-7,9,12-13H,1-2,8,10-11H2,(H,22,25)/t13-/m0/s1. The van der Waals surface area contributed by atoms with Crippen molar-refractivity contribution in [1.82, 2.24) is 14.5 Å². The molecule has 1 N–H and O–H groups in total. The van der Waals surface area contributed by atoms with Crippen LogP contribution in [0.3, 0.4) is 0 Å². The third-order valence-electron chi connectivity index (χ3n) is 4.17. The summed E-state index contributed by atoms with van der Waals surface area (Å²) in [5.74, 6) is 0.0140. The number of alkyl halides is 3. The molecule has 1 aliphatic rings. The SMILES string of the molecule is O=C(Nc1ccc(OC(F)(F)F)cc1)N1CCC[C@@H](Cn2ccnc2)C1. The fourth-order valence-electron chi connectivity index (χ4n) is 3.03. The van der Waals surface area contributed by atoms with E-state index in [0.29, 0.717) is 24.7 Å². The Labute approximate surface area is 148 Å². The summed E-state index contributed by atoms with van der Waals surface area (Å²) in [5.41, 5.74) is 0.418. The van der Waals surface area contributed by atoms with Gasteiger partial charge in [-0.05, 0) is 43.0 Å². The minimum Gasteiger partial charge on any atom is -0.406 e. The fourth-order valence-corrected chi connectivity index (χ4v) is 3.03. The van der Waals surface area contributed by atoms with Crippen LogP contribution in [0.5, 0.6) is 5.75 Å². The van der Waals surface area contributed by atoms with Gasteiger partial charge in [0.15, 0.2) is 0 Å². The lowest BCUT2D eigenvalue weighted by Crippen LogP contribution is -2.43. The molecule has 1 aliphatic heterocycles. The van der Waals surface area contributed by atoms with Crippen molar-refractivity contribution in [3.8, 4) is 5.75 Å². The molecule has 0 unspecified atom stereocenters. The molecule has 6 nitrogen and oxygen atoms in total. The number of anilines is 1. The van der Waals surface area contributed by atoms with Gasteiger partial charge in [0.05, 0.1) is 6.33 Å². The van der Waals surface area contributed by atoms with Crippen LogP contribution in [-0.4, -0.2) is 39.9 Å². The maximum Gasteiger partial charge on any atom is 0.573 e. The summed E-state index contributed by atoms with van der Waals surface area (Å²) in [6, 6.07) is 4.84. The Kier molecular flexibility index (Phi) is 5.34. The highest BCUT2D eigenvalue weighted by Crippen LogP contribution is 2.24. The number of benzene rings is 1. The van der Waals surface area contributed by atoms with Crippen molar-refractivity contribution in [2.24, 2.45) is 5.92 Å². The summed E-state index contributed by atoms with van der Waals surface area (Å²) in [4.78, 5) is 18.2. The largest absolute Gasteiger partial charge is 0.573 e. The number of carbonyl (C=O) groups is 1. The third-order valence-corrected chi connectivity index (χ3v) is 4.17. The van der Waals surface area contributed by atoms with E-state index in [0.717, 1.165) is 19.4 Å². The van der Waals surface area contributed by atoms with Crippen LogP contribution in [0.4, 0.5) is 23.7 Å². The minimum absolute atomic E-state index is 0.259. The highest BCUT2D eigenvalue weighted by Gasteiger charge is 2.31. The van der Waals surface area contributed by atoms with E-state index < -0.39 is 6.36 Å². The van der Waals surface area contributed by atoms with Crippen LogP contribution < -0.4 is 10.1 Å². The second kappa shape index (κ2) is 7.67. The number of likely N-dealkylation sites (tertiary alicyclic amines) is 1. The van der Waals surface area contributed by atoms with Gasteiger partial charge in [-0.2, -0.15) is 0 Å². The summed E-state index contributed by atoms with van der Waals surface area (Å²) >= 11 is 0. The number of rotatable bonds is 4. The topological polar surface area (TPSA) is 59.4 Å². The van der Waals surface area contributed by atoms with Crippen LogP contribution in [-0.2, 0) is 6.54 Å². The second-order valence-corrected chi connectivity index (χ2v) is 6.22. The summed E-state index contributed by atoms with van der Waals surface area (Å²) in [7, 11) is 0. The Bertz CT molecular complexity index is 717. The van der Waals surface area contributed by atoms with Crippen LogP contribution in [0.1, 0.15) is 12.8 Å². The molecule has 1 fully saturated rings. The molecule has 0 bridgehead atoms. The molecule has 2 aromatic rings. The Balaban J connectivity index is 1.53. The molecule has 0 radical (unpaired) electrons. The van der Waals surface area contributed by atoms with E-state index in [4.69, 9.17) is 0 Å². The number of nitrogens with one attached hydrogen (secondary N) is 1. The lowest BCUT2D eigenvalue weighted by atomic mass is 9.98. The van der Waals surface area contributed by atoms with Crippen molar-refractivity contribution in [2.45, 2.75) is 25.7 Å². The monoisotopic (exact) mass is 368 g/mol. The lowest BCUT2D eigenvalue weighted by molar-refractivity contribution is -0.274. The molecule has 26 heavy (non-hydrogen) atoms. The Morgan fingerprint density at radius 2 is 2.08 bits per heavy atom. The molecule has 9 heteroatoms. The van der Waals surface area contributed by atoms with Crippen molar-refractivity contribution < 1.29 is 22.7 Å². The zero-order chi connectivity index (χ0) is 18.6. The van der Waals surface area contributed by atoms with Gasteiger partial charge >= 0.3 is 12.4 Å². The van der Waals surface area contributed by atoms with Crippen LogP contribution in [0.15, 0.2) is 43.0 Å². The van der Waals surface area contributed by atoms with Crippen LogP contribution in [0, 0.1) is 5.92 Å². The lowest BCUT2D eigenvalue weighted by Gasteiger charge is -2.33. The third kappa shape index (κ3) is 5.14. The molecule has 0 aliphatic carbocycles. The molecule has 0 saturated carbocycles. The quantitative estimate of drug-likeness (QED) is 0.895. The summed E-state index contributed by atoms with van der Waals surface area (Å²) in [6.45, 7) is 2.08. The summed E-state index contributed by atoms with van der Waals surface area (Å²) < 4.78 is 42.3. The highest BCUT2D eigenvalue weighted by atomic mass is 19.4. The zero-order valence-electron chi connectivity index (χ0n) is 13.9. The van der Waals surface area contributed by atoms with Crippen molar-refractivity contribution >= 4 is 11.7 Å². The molecule has 140 valence electrons. The van der Waals surface area contributed by atoms with E-state index in [2.05, 4.69) is 15.0 Å². The fraction of sp³-hybridized carbons (Fsp3) is 0.412.